The van der Waals surface area contributed by atoms with Gasteiger partial charge in [0.05, 0.1) is 0 Å². The first kappa shape index (κ1) is 12.7. The van der Waals surface area contributed by atoms with E-state index in [2.05, 4.69) is 93.3 Å². The minimum absolute atomic E-state index is 0.882. The highest BCUT2D eigenvalue weighted by Crippen LogP contribution is 2.29. The molecule has 2 heteroatoms. The molecule has 0 aliphatic carbocycles. The zero-order valence-corrected chi connectivity index (χ0v) is 13.0. The highest BCUT2D eigenvalue weighted by Gasteiger charge is 2.09. The number of rotatable bonds is 2. The molecular formula is C19H14BrN. The van der Waals surface area contributed by atoms with E-state index >= 15 is 0 Å². The summed E-state index contributed by atoms with van der Waals surface area (Å²) in [5.41, 5.74) is 3.88. The second kappa shape index (κ2) is 5.05. The summed E-state index contributed by atoms with van der Waals surface area (Å²) >= 11 is 3.56. The van der Waals surface area contributed by atoms with Crippen molar-refractivity contribution in [3.63, 3.8) is 0 Å². The number of aromatic nitrogens is 1. The maximum atomic E-state index is 3.56. The SMILES string of the molecule is Brc1cccc(Cn2c3ccccc3c3ccccc32)c1. The van der Waals surface area contributed by atoms with E-state index in [1.54, 1.807) is 0 Å². The Labute approximate surface area is 132 Å². The molecule has 0 aliphatic heterocycles. The molecule has 0 saturated heterocycles. The minimum atomic E-state index is 0.882. The van der Waals surface area contributed by atoms with Crippen molar-refractivity contribution in [3.05, 3.63) is 82.8 Å². The molecule has 1 heterocycles. The molecule has 102 valence electrons. The predicted octanol–water partition coefficient (Wildman–Crippen LogP) is 5.61. The fraction of sp³-hybridized carbons (Fsp3) is 0.0526. The molecular weight excluding hydrogens is 322 g/mol. The molecule has 21 heavy (non-hydrogen) atoms. The molecule has 0 saturated carbocycles. The number of hydrogen-bond acceptors (Lipinski definition) is 0. The lowest BCUT2D eigenvalue weighted by Gasteiger charge is -2.08. The van der Waals surface area contributed by atoms with Gasteiger partial charge in [0.15, 0.2) is 0 Å². The van der Waals surface area contributed by atoms with Gasteiger partial charge in [-0.1, -0.05) is 64.5 Å². The van der Waals surface area contributed by atoms with Crippen LogP contribution in [0.1, 0.15) is 5.56 Å². The van der Waals surface area contributed by atoms with Gasteiger partial charge in [-0.3, -0.25) is 0 Å². The van der Waals surface area contributed by atoms with E-state index < -0.39 is 0 Å². The molecule has 0 atom stereocenters. The van der Waals surface area contributed by atoms with Crippen LogP contribution in [0.25, 0.3) is 21.8 Å². The summed E-state index contributed by atoms with van der Waals surface area (Å²) in [7, 11) is 0. The molecule has 4 aromatic rings. The van der Waals surface area contributed by atoms with Crippen molar-refractivity contribution in [1.82, 2.24) is 4.57 Å². The van der Waals surface area contributed by atoms with Crippen LogP contribution in [0.2, 0.25) is 0 Å². The van der Waals surface area contributed by atoms with Crippen LogP contribution in [-0.4, -0.2) is 4.57 Å². The molecule has 1 aromatic heterocycles. The van der Waals surface area contributed by atoms with E-state index in [4.69, 9.17) is 0 Å². The van der Waals surface area contributed by atoms with Gasteiger partial charge in [0.2, 0.25) is 0 Å². The molecule has 0 unspecified atom stereocenters. The summed E-state index contributed by atoms with van der Waals surface area (Å²) in [6.07, 6.45) is 0. The van der Waals surface area contributed by atoms with Crippen molar-refractivity contribution in [3.8, 4) is 0 Å². The smallest absolute Gasteiger partial charge is 0.0494 e. The molecule has 0 fully saturated rings. The summed E-state index contributed by atoms with van der Waals surface area (Å²) < 4.78 is 3.52. The van der Waals surface area contributed by atoms with Crippen molar-refractivity contribution in [2.45, 2.75) is 6.54 Å². The van der Waals surface area contributed by atoms with Crippen LogP contribution < -0.4 is 0 Å². The van der Waals surface area contributed by atoms with Crippen LogP contribution in [0.15, 0.2) is 77.3 Å². The van der Waals surface area contributed by atoms with Crippen LogP contribution >= 0.6 is 15.9 Å². The summed E-state index contributed by atoms with van der Waals surface area (Å²) in [4.78, 5) is 0. The first-order valence-electron chi connectivity index (χ1n) is 7.03. The maximum absolute atomic E-state index is 3.56. The Kier molecular flexibility index (Phi) is 3.04. The van der Waals surface area contributed by atoms with Crippen LogP contribution in [0.3, 0.4) is 0 Å². The van der Waals surface area contributed by atoms with Crippen molar-refractivity contribution >= 4 is 37.7 Å². The number of hydrogen-bond donors (Lipinski definition) is 0. The maximum Gasteiger partial charge on any atom is 0.0494 e. The van der Waals surface area contributed by atoms with Gasteiger partial charge >= 0.3 is 0 Å². The van der Waals surface area contributed by atoms with Crippen molar-refractivity contribution < 1.29 is 0 Å². The third-order valence-electron chi connectivity index (χ3n) is 3.91. The highest BCUT2D eigenvalue weighted by molar-refractivity contribution is 9.10. The molecule has 1 nitrogen and oxygen atoms in total. The average molecular weight is 336 g/mol. The molecule has 0 bridgehead atoms. The number of nitrogens with zero attached hydrogens (tertiary/aromatic N) is 1. The molecule has 0 amide bonds. The number of benzene rings is 3. The van der Waals surface area contributed by atoms with Gasteiger partial charge in [0, 0.05) is 32.8 Å². The Morgan fingerprint density at radius 1 is 0.714 bits per heavy atom. The third-order valence-corrected chi connectivity index (χ3v) is 4.40. The zero-order valence-electron chi connectivity index (χ0n) is 11.5. The van der Waals surface area contributed by atoms with E-state index in [0.717, 1.165) is 11.0 Å². The Morgan fingerprint density at radius 2 is 1.33 bits per heavy atom. The molecule has 4 rings (SSSR count). The van der Waals surface area contributed by atoms with Gasteiger partial charge < -0.3 is 4.57 Å². The topological polar surface area (TPSA) is 4.93 Å². The normalized spacial score (nSPS) is 11.3. The Morgan fingerprint density at radius 3 is 1.95 bits per heavy atom. The molecule has 0 spiro atoms. The van der Waals surface area contributed by atoms with Gasteiger partial charge in [0.25, 0.3) is 0 Å². The summed E-state index contributed by atoms with van der Waals surface area (Å²) in [6, 6.07) is 25.8. The van der Waals surface area contributed by atoms with Crippen LogP contribution in [0.4, 0.5) is 0 Å². The largest absolute Gasteiger partial charge is 0.336 e. The quantitative estimate of drug-likeness (QED) is 0.449. The van der Waals surface area contributed by atoms with E-state index in [1.165, 1.54) is 27.4 Å². The Hall–Kier alpha value is -2.06. The molecule has 0 aliphatic rings. The van der Waals surface area contributed by atoms with Crippen molar-refractivity contribution in [2.24, 2.45) is 0 Å². The Bertz CT molecular complexity index is 883. The molecule has 0 N–H and O–H groups in total. The van der Waals surface area contributed by atoms with Gasteiger partial charge in [-0.2, -0.15) is 0 Å². The van der Waals surface area contributed by atoms with Gasteiger partial charge in [0.1, 0.15) is 0 Å². The lowest BCUT2D eigenvalue weighted by atomic mass is 10.2. The van der Waals surface area contributed by atoms with Crippen LogP contribution in [0, 0.1) is 0 Å². The van der Waals surface area contributed by atoms with Gasteiger partial charge in [-0.15, -0.1) is 0 Å². The van der Waals surface area contributed by atoms with E-state index in [-0.39, 0.29) is 0 Å². The average Bonchev–Trinajstić information content (AvgIpc) is 2.83. The number of halogens is 1. The highest BCUT2D eigenvalue weighted by atomic mass is 79.9. The lowest BCUT2D eigenvalue weighted by molar-refractivity contribution is 0.868. The Balaban J connectivity index is 1.97. The summed E-state index contributed by atoms with van der Waals surface area (Å²) in [6.45, 7) is 0.882. The lowest BCUT2D eigenvalue weighted by Crippen LogP contribution is -1.99. The summed E-state index contributed by atoms with van der Waals surface area (Å²) in [5.74, 6) is 0. The number of para-hydroxylation sites is 2. The monoisotopic (exact) mass is 335 g/mol. The van der Waals surface area contributed by atoms with Crippen LogP contribution in [0.5, 0.6) is 0 Å². The molecule has 0 radical (unpaired) electrons. The standard InChI is InChI=1S/C19H14BrN/c20-15-7-5-6-14(12-15)13-21-18-10-3-1-8-16(18)17-9-2-4-11-19(17)21/h1-12H,13H2. The molecule has 3 aromatic carbocycles. The zero-order chi connectivity index (χ0) is 14.2. The van der Waals surface area contributed by atoms with Crippen molar-refractivity contribution in [2.75, 3.05) is 0 Å². The first-order valence-corrected chi connectivity index (χ1v) is 7.83. The third kappa shape index (κ3) is 2.16. The first-order chi connectivity index (χ1) is 10.3. The van der Waals surface area contributed by atoms with E-state index in [1.807, 2.05) is 0 Å². The second-order valence-corrected chi connectivity index (χ2v) is 6.17. The summed E-state index contributed by atoms with van der Waals surface area (Å²) in [5, 5.41) is 2.64. The van der Waals surface area contributed by atoms with E-state index in [9.17, 15) is 0 Å². The van der Waals surface area contributed by atoms with Crippen molar-refractivity contribution in [1.29, 1.82) is 0 Å². The van der Waals surface area contributed by atoms with Gasteiger partial charge in [-0.25, -0.2) is 0 Å². The fourth-order valence-corrected chi connectivity index (χ4v) is 3.44. The predicted molar refractivity (Wildman–Crippen MR) is 92.7 cm³/mol. The fourth-order valence-electron chi connectivity index (χ4n) is 2.99. The minimum Gasteiger partial charge on any atom is -0.336 e. The second-order valence-electron chi connectivity index (χ2n) is 5.25. The van der Waals surface area contributed by atoms with Gasteiger partial charge in [-0.05, 0) is 29.8 Å². The van der Waals surface area contributed by atoms with E-state index in [0.29, 0.717) is 0 Å². The van der Waals surface area contributed by atoms with Crippen LogP contribution in [-0.2, 0) is 6.54 Å². The number of fused-ring (bicyclic) bond motifs is 3.